The van der Waals surface area contributed by atoms with Crippen molar-refractivity contribution in [3.8, 4) is 23.0 Å². The zero-order chi connectivity index (χ0) is 12.5. The van der Waals surface area contributed by atoms with Crippen LogP contribution >= 0.6 is 0 Å². The first-order valence-corrected chi connectivity index (χ1v) is 5.51. The van der Waals surface area contributed by atoms with E-state index in [4.69, 9.17) is 18.3 Å². The normalized spacial score (nSPS) is 10.8. The molecule has 0 N–H and O–H groups in total. The molecule has 0 aliphatic rings. The van der Waals surface area contributed by atoms with E-state index in [0.29, 0.717) is 22.9 Å². The Balaban J connectivity index is 2.22. The maximum absolute atomic E-state index is 5.76. The lowest BCUT2D eigenvalue weighted by Crippen LogP contribution is -1.86. The van der Waals surface area contributed by atoms with Gasteiger partial charge in [0, 0.05) is 11.5 Å². The van der Waals surface area contributed by atoms with E-state index >= 15 is 0 Å². The molecule has 4 nitrogen and oxygen atoms in total. The van der Waals surface area contributed by atoms with Crippen LogP contribution in [0, 0.1) is 0 Å². The van der Waals surface area contributed by atoms with Crippen molar-refractivity contribution in [2.75, 3.05) is 14.2 Å². The average molecular weight is 244 g/mol. The summed E-state index contributed by atoms with van der Waals surface area (Å²) >= 11 is 0. The van der Waals surface area contributed by atoms with Gasteiger partial charge in [-0.1, -0.05) is 0 Å². The largest absolute Gasteiger partial charge is 0.497 e. The van der Waals surface area contributed by atoms with E-state index in [0.717, 1.165) is 11.1 Å². The van der Waals surface area contributed by atoms with Gasteiger partial charge in [0.05, 0.1) is 20.5 Å². The SMILES string of the molecule is COc1cc(OC)c2oc(-c3ccco3)cc2c1. The zero-order valence-corrected chi connectivity index (χ0v) is 10.1. The molecule has 18 heavy (non-hydrogen) atoms. The van der Waals surface area contributed by atoms with E-state index in [9.17, 15) is 0 Å². The molecule has 1 aromatic carbocycles. The summed E-state index contributed by atoms with van der Waals surface area (Å²) < 4.78 is 21.6. The zero-order valence-electron chi connectivity index (χ0n) is 10.1. The van der Waals surface area contributed by atoms with Gasteiger partial charge in [-0.05, 0) is 24.3 Å². The van der Waals surface area contributed by atoms with Crippen LogP contribution in [0.3, 0.4) is 0 Å². The highest BCUT2D eigenvalue weighted by atomic mass is 16.5. The summed E-state index contributed by atoms with van der Waals surface area (Å²) in [7, 11) is 3.22. The Labute approximate surface area is 104 Å². The highest BCUT2D eigenvalue weighted by Crippen LogP contribution is 2.36. The molecule has 0 spiro atoms. The van der Waals surface area contributed by atoms with Crippen LogP contribution in [-0.4, -0.2) is 14.2 Å². The minimum atomic E-state index is 0.641. The van der Waals surface area contributed by atoms with E-state index in [1.54, 1.807) is 26.5 Å². The van der Waals surface area contributed by atoms with E-state index in [-0.39, 0.29) is 0 Å². The molecule has 0 aliphatic carbocycles. The molecule has 2 aromatic heterocycles. The summed E-state index contributed by atoms with van der Waals surface area (Å²) in [5.41, 5.74) is 0.685. The number of furan rings is 2. The molecule has 0 bridgehead atoms. The van der Waals surface area contributed by atoms with Crippen LogP contribution in [0.1, 0.15) is 0 Å². The van der Waals surface area contributed by atoms with Crippen LogP contribution in [0.25, 0.3) is 22.5 Å². The summed E-state index contributed by atoms with van der Waals surface area (Å²) in [6.45, 7) is 0. The van der Waals surface area contributed by atoms with Crippen LogP contribution in [-0.2, 0) is 0 Å². The van der Waals surface area contributed by atoms with Gasteiger partial charge in [-0.15, -0.1) is 0 Å². The predicted molar refractivity (Wildman–Crippen MR) is 67.0 cm³/mol. The fourth-order valence-corrected chi connectivity index (χ4v) is 1.90. The third kappa shape index (κ3) is 1.62. The second kappa shape index (κ2) is 4.14. The Bertz CT molecular complexity index is 664. The predicted octanol–water partition coefficient (Wildman–Crippen LogP) is 3.71. The molecule has 0 amide bonds. The molecule has 3 rings (SSSR count). The molecule has 0 unspecified atom stereocenters. The first-order chi connectivity index (χ1) is 8.81. The smallest absolute Gasteiger partial charge is 0.177 e. The summed E-state index contributed by atoms with van der Waals surface area (Å²) in [5, 5.41) is 0.914. The Morgan fingerprint density at radius 2 is 1.89 bits per heavy atom. The molecule has 0 fully saturated rings. The van der Waals surface area contributed by atoms with Crippen LogP contribution in [0.5, 0.6) is 11.5 Å². The van der Waals surface area contributed by atoms with Crippen LogP contribution in [0.4, 0.5) is 0 Å². The molecule has 0 radical (unpaired) electrons. The van der Waals surface area contributed by atoms with E-state index in [2.05, 4.69) is 0 Å². The maximum Gasteiger partial charge on any atom is 0.177 e. The Morgan fingerprint density at radius 1 is 1.00 bits per heavy atom. The quantitative estimate of drug-likeness (QED) is 0.704. The first kappa shape index (κ1) is 10.8. The van der Waals surface area contributed by atoms with Crippen molar-refractivity contribution >= 4 is 11.0 Å². The van der Waals surface area contributed by atoms with Gasteiger partial charge in [0.25, 0.3) is 0 Å². The maximum atomic E-state index is 5.76. The van der Waals surface area contributed by atoms with Gasteiger partial charge >= 0.3 is 0 Å². The second-order valence-corrected chi connectivity index (χ2v) is 3.84. The summed E-state index contributed by atoms with van der Waals surface area (Å²) in [4.78, 5) is 0. The number of hydrogen-bond acceptors (Lipinski definition) is 4. The van der Waals surface area contributed by atoms with Crippen LogP contribution in [0.2, 0.25) is 0 Å². The van der Waals surface area contributed by atoms with Gasteiger partial charge in [0.2, 0.25) is 0 Å². The highest BCUT2D eigenvalue weighted by Gasteiger charge is 2.13. The lowest BCUT2D eigenvalue weighted by Gasteiger charge is -2.03. The fraction of sp³-hybridized carbons (Fsp3) is 0.143. The molecule has 2 heterocycles. The van der Waals surface area contributed by atoms with Gasteiger partial charge in [-0.25, -0.2) is 0 Å². The third-order valence-electron chi connectivity index (χ3n) is 2.78. The first-order valence-electron chi connectivity index (χ1n) is 5.51. The highest BCUT2D eigenvalue weighted by molar-refractivity contribution is 5.88. The van der Waals surface area contributed by atoms with Gasteiger partial charge in [-0.2, -0.15) is 0 Å². The minimum Gasteiger partial charge on any atom is -0.497 e. The van der Waals surface area contributed by atoms with Gasteiger partial charge in [0.1, 0.15) is 5.75 Å². The summed E-state index contributed by atoms with van der Waals surface area (Å²) in [6.07, 6.45) is 1.61. The van der Waals surface area contributed by atoms with Gasteiger partial charge in [0.15, 0.2) is 22.9 Å². The number of fused-ring (bicyclic) bond motifs is 1. The standard InChI is InChI=1S/C14H12O4/c1-15-10-6-9-7-12(11-4-3-5-17-11)18-14(9)13(8-10)16-2/h3-8H,1-2H3. The average Bonchev–Trinajstić information content (AvgIpc) is 3.05. The molecule has 4 heteroatoms. The molecular formula is C14H12O4. The lowest BCUT2D eigenvalue weighted by atomic mass is 10.2. The van der Waals surface area contributed by atoms with Crippen molar-refractivity contribution in [3.63, 3.8) is 0 Å². The molecule has 0 aliphatic heterocycles. The second-order valence-electron chi connectivity index (χ2n) is 3.84. The van der Waals surface area contributed by atoms with Crippen molar-refractivity contribution in [1.82, 2.24) is 0 Å². The van der Waals surface area contributed by atoms with Crippen LogP contribution in [0.15, 0.2) is 45.4 Å². The number of methoxy groups -OCH3 is 2. The van der Waals surface area contributed by atoms with Crippen molar-refractivity contribution in [3.05, 3.63) is 36.6 Å². The van der Waals surface area contributed by atoms with Gasteiger partial charge < -0.3 is 18.3 Å². The van der Waals surface area contributed by atoms with Crippen molar-refractivity contribution in [1.29, 1.82) is 0 Å². The van der Waals surface area contributed by atoms with Crippen molar-refractivity contribution in [2.45, 2.75) is 0 Å². The molecule has 0 saturated carbocycles. The van der Waals surface area contributed by atoms with E-state index < -0.39 is 0 Å². The van der Waals surface area contributed by atoms with Gasteiger partial charge in [-0.3, -0.25) is 0 Å². The Hall–Kier alpha value is -2.36. The van der Waals surface area contributed by atoms with Crippen molar-refractivity contribution in [2.24, 2.45) is 0 Å². The molecule has 0 saturated heterocycles. The Morgan fingerprint density at radius 3 is 2.56 bits per heavy atom. The fourth-order valence-electron chi connectivity index (χ4n) is 1.90. The Kier molecular flexibility index (Phi) is 2.48. The van der Waals surface area contributed by atoms with Crippen molar-refractivity contribution < 1.29 is 18.3 Å². The number of rotatable bonds is 3. The van der Waals surface area contributed by atoms with Crippen LogP contribution < -0.4 is 9.47 Å². The molecule has 3 aromatic rings. The molecule has 92 valence electrons. The number of hydrogen-bond donors (Lipinski definition) is 0. The lowest BCUT2D eigenvalue weighted by molar-refractivity contribution is 0.393. The number of benzene rings is 1. The minimum absolute atomic E-state index is 0.641. The van der Waals surface area contributed by atoms with E-state index in [1.165, 1.54) is 0 Å². The summed E-state index contributed by atoms with van der Waals surface area (Å²) in [6, 6.07) is 9.26. The number of ether oxygens (including phenoxy) is 2. The molecular weight excluding hydrogens is 232 g/mol. The summed E-state index contributed by atoms with van der Waals surface area (Å²) in [5.74, 6) is 2.72. The molecule has 0 atom stereocenters. The topological polar surface area (TPSA) is 44.7 Å². The third-order valence-corrected chi connectivity index (χ3v) is 2.78. The van der Waals surface area contributed by atoms with E-state index in [1.807, 2.05) is 24.3 Å². The monoisotopic (exact) mass is 244 g/mol.